The Hall–Kier alpha value is -4.84. The first-order chi connectivity index (χ1) is 18.2. The quantitative estimate of drug-likeness (QED) is 0.217. The van der Waals surface area contributed by atoms with Crippen LogP contribution in [0.15, 0.2) is 70.6 Å². The first kappa shape index (κ1) is 26.2. The number of methoxy groups -OCH3 is 2. The molecule has 0 fully saturated rings. The number of ether oxygens (including phenoxy) is 2. The van der Waals surface area contributed by atoms with E-state index in [1.807, 2.05) is 0 Å². The lowest BCUT2D eigenvalue weighted by atomic mass is 10.1. The maximum Gasteiger partial charge on any atom is 0.266 e. The van der Waals surface area contributed by atoms with Crippen LogP contribution in [-0.2, 0) is 4.79 Å². The first-order valence-corrected chi connectivity index (χ1v) is 12.1. The molecule has 0 aliphatic heterocycles. The summed E-state index contributed by atoms with van der Waals surface area (Å²) in [6.45, 7) is 0. The molecule has 0 aliphatic rings. The third kappa shape index (κ3) is 5.44. The van der Waals surface area contributed by atoms with Crippen molar-refractivity contribution in [3.05, 3.63) is 82.1 Å². The van der Waals surface area contributed by atoms with Crippen molar-refractivity contribution in [1.82, 2.24) is 9.55 Å². The summed E-state index contributed by atoms with van der Waals surface area (Å²) in [7, 11) is 2.98. The van der Waals surface area contributed by atoms with Gasteiger partial charge in [0.1, 0.15) is 11.5 Å². The Morgan fingerprint density at radius 3 is 2.26 bits per heavy atom. The summed E-state index contributed by atoms with van der Waals surface area (Å²) in [5, 5.41) is 3.24. The van der Waals surface area contributed by atoms with E-state index in [4.69, 9.17) is 20.9 Å². The number of carbonyl (C=O) groups excluding carboxylic acids is 3. The number of hydrogen-bond donors (Lipinski definition) is 3. The van der Waals surface area contributed by atoms with Crippen LogP contribution in [-0.4, -0.2) is 47.2 Å². The number of nitrogens with one attached hydrogen (secondary N) is 1. The summed E-state index contributed by atoms with van der Waals surface area (Å²) in [6.07, 6.45) is 0. The summed E-state index contributed by atoms with van der Waals surface area (Å²) < 4.78 is 12.2. The highest BCUT2D eigenvalue weighted by atomic mass is 32.2. The highest BCUT2D eigenvalue weighted by molar-refractivity contribution is 7.99. The molecular weight excluding hydrogens is 510 g/mol. The van der Waals surface area contributed by atoms with Crippen LogP contribution in [0.5, 0.6) is 11.5 Å². The zero-order valence-electron chi connectivity index (χ0n) is 20.4. The standard InChI is InChI=1S/C26H23N5O6S/c1-36-17-7-8-21(37-2)20(12-17)31-25(35)18-5-3-4-6-19(18)30-26(31)38-13-22(32)29-16-10-14(23(27)33)9-15(11-16)24(28)34/h3-12H,13H2,1-2H3,(H2,27,33)(H2,28,34)(H,29,32). The Labute approximate surface area is 220 Å². The van der Waals surface area contributed by atoms with Crippen molar-refractivity contribution in [3.8, 4) is 17.2 Å². The second-order valence-corrected chi connectivity index (χ2v) is 8.90. The minimum Gasteiger partial charge on any atom is -0.497 e. The van der Waals surface area contributed by atoms with Crippen LogP contribution in [0.4, 0.5) is 5.69 Å². The molecule has 4 rings (SSSR count). The van der Waals surface area contributed by atoms with Gasteiger partial charge in [-0.1, -0.05) is 23.9 Å². The largest absolute Gasteiger partial charge is 0.497 e. The van der Waals surface area contributed by atoms with Crippen molar-refractivity contribution < 1.29 is 23.9 Å². The molecule has 194 valence electrons. The van der Waals surface area contributed by atoms with Crippen LogP contribution >= 0.6 is 11.8 Å². The Kier molecular flexibility index (Phi) is 7.63. The molecule has 0 radical (unpaired) electrons. The molecule has 0 saturated carbocycles. The van der Waals surface area contributed by atoms with Crippen LogP contribution in [0.25, 0.3) is 16.6 Å². The number of benzene rings is 3. The predicted octanol–water partition coefficient (Wildman–Crippen LogP) is 2.33. The molecule has 3 aromatic carbocycles. The number of hydrogen-bond acceptors (Lipinski definition) is 8. The zero-order chi connectivity index (χ0) is 27.4. The van der Waals surface area contributed by atoms with Gasteiger partial charge >= 0.3 is 0 Å². The number of carbonyl (C=O) groups is 3. The third-order valence-corrected chi connectivity index (χ3v) is 6.43. The molecule has 3 amide bonds. The predicted molar refractivity (Wildman–Crippen MR) is 143 cm³/mol. The minimum atomic E-state index is -0.783. The van der Waals surface area contributed by atoms with Gasteiger partial charge in [0.15, 0.2) is 5.16 Å². The smallest absolute Gasteiger partial charge is 0.266 e. The van der Waals surface area contributed by atoms with Crippen LogP contribution < -0.4 is 31.8 Å². The normalized spacial score (nSPS) is 10.7. The number of primary amides is 2. The molecule has 11 nitrogen and oxygen atoms in total. The molecule has 4 aromatic rings. The lowest BCUT2D eigenvalue weighted by Gasteiger charge is -2.16. The maximum atomic E-state index is 13.6. The van der Waals surface area contributed by atoms with Crippen molar-refractivity contribution in [2.75, 3.05) is 25.3 Å². The number of nitrogens with zero attached hydrogens (tertiary/aromatic N) is 2. The van der Waals surface area contributed by atoms with Gasteiger partial charge in [0.2, 0.25) is 17.7 Å². The highest BCUT2D eigenvalue weighted by Gasteiger charge is 2.19. The van der Waals surface area contributed by atoms with Gasteiger partial charge in [-0.3, -0.25) is 23.7 Å². The molecule has 0 bridgehead atoms. The van der Waals surface area contributed by atoms with E-state index in [1.165, 1.54) is 37.0 Å². The second kappa shape index (κ2) is 11.0. The molecule has 0 atom stereocenters. The van der Waals surface area contributed by atoms with E-state index in [-0.39, 0.29) is 33.3 Å². The van der Waals surface area contributed by atoms with Crippen LogP contribution in [0, 0.1) is 0 Å². The van der Waals surface area contributed by atoms with E-state index in [2.05, 4.69) is 10.3 Å². The maximum absolute atomic E-state index is 13.6. The van der Waals surface area contributed by atoms with Crippen LogP contribution in [0.3, 0.4) is 0 Å². The van der Waals surface area contributed by atoms with E-state index >= 15 is 0 Å². The number of nitrogens with two attached hydrogens (primary N) is 2. The van der Waals surface area contributed by atoms with Crippen LogP contribution in [0.1, 0.15) is 20.7 Å². The van der Waals surface area contributed by atoms with E-state index in [9.17, 15) is 19.2 Å². The molecular formula is C26H23N5O6S. The Balaban J connectivity index is 1.71. The fourth-order valence-corrected chi connectivity index (χ4v) is 4.51. The van der Waals surface area contributed by atoms with E-state index in [1.54, 1.807) is 42.5 Å². The first-order valence-electron chi connectivity index (χ1n) is 11.1. The number of anilines is 1. The second-order valence-electron chi connectivity index (χ2n) is 7.95. The Bertz CT molecular complexity index is 1600. The van der Waals surface area contributed by atoms with Gasteiger partial charge in [0.05, 0.1) is 36.6 Å². The molecule has 0 aliphatic carbocycles. The number of fused-ring (bicyclic) bond motifs is 1. The number of aromatic nitrogens is 2. The number of para-hydroxylation sites is 1. The molecule has 38 heavy (non-hydrogen) atoms. The third-order valence-electron chi connectivity index (χ3n) is 5.49. The number of rotatable bonds is 9. The Morgan fingerprint density at radius 2 is 1.63 bits per heavy atom. The average Bonchev–Trinajstić information content (AvgIpc) is 2.91. The van der Waals surface area contributed by atoms with Crippen molar-refractivity contribution in [2.45, 2.75) is 5.16 Å². The molecule has 12 heteroatoms. The summed E-state index contributed by atoms with van der Waals surface area (Å²) >= 11 is 1.01. The van der Waals surface area contributed by atoms with Crippen molar-refractivity contribution >= 4 is 46.1 Å². The molecule has 1 heterocycles. The molecule has 0 spiro atoms. The van der Waals surface area contributed by atoms with E-state index in [0.717, 1.165) is 11.8 Å². The van der Waals surface area contributed by atoms with Gasteiger partial charge in [-0.2, -0.15) is 0 Å². The fraction of sp³-hybridized carbons (Fsp3) is 0.115. The average molecular weight is 534 g/mol. The topological polar surface area (TPSA) is 169 Å². The van der Waals surface area contributed by atoms with Gasteiger partial charge in [-0.05, 0) is 42.5 Å². The van der Waals surface area contributed by atoms with Crippen LogP contribution in [0.2, 0.25) is 0 Å². The van der Waals surface area contributed by atoms with E-state index < -0.39 is 17.7 Å². The SMILES string of the molecule is COc1ccc(OC)c(-n2c(SCC(=O)Nc3cc(C(N)=O)cc(C(N)=O)c3)nc3ccccc3c2=O)c1. The van der Waals surface area contributed by atoms with Crippen molar-refractivity contribution in [3.63, 3.8) is 0 Å². The fourth-order valence-electron chi connectivity index (χ4n) is 3.70. The zero-order valence-corrected chi connectivity index (χ0v) is 21.2. The van der Waals surface area contributed by atoms with Gasteiger partial charge in [0.25, 0.3) is 5.56 Å². The molecule has 0 unspecified atom stereocenters. The van der Waals surface area contributed by atoms with Gasteiger partial charge < -0.3 is 26.3 Å². The van der Waals surface area contributed by atoms with Gasteiger partial charge in [0, 0.05) is 22.9 Å². The molecule has 0 saturated heterocycles. The monoisotopic (exact) mass is 533 g/mol. The summed E-state index contributed by atoms with van der Waals surface area (Å²) in [5.74, 6) is -1.32. The summed E-state index contributed by atoms with van der Waals surface area (Å²) in [4.78, 5) is 54.3. The molecule has 1 aromatic heterocycles. The summed E-state index contributed by atoms with van der Waals surface area (Å²) in [6, 6.07) is 15.8. The Morgan fingerprint density at radius 1 is 0.947 bits per heavy atom. The lowest BCUT2D eigenvalue weighted by Crippen LogP contribution is -2.23. The van der Waals surface area contributed by atoms with Crippen molar-refractivity contribution in [1.29, 1.82) is 0 Å². The molecule has 5 N–H and O–H groups in total. The summed E-state index contributed by atoms with van der Waals surface area (Å²) in [5.41, 5.74) is 11.3. The highest BCUT2D eigenvalue weighted by Crippen LogP contribution is 2.30. The number of amides is 3. The van der Waals surface area contributed by atoms with Crippen molar-refractivity contribution in [2.24, 2.45) is 11.5 Å². The van der Waals surface area contributed by atoms with Gasteiger partial charge in [-0.15, -0.1) is 0 Å². The number of thioether (sulfide) groups is 1. The minimum absolute atomic E-state index is 0.0133. The lowest BCUT2D eigenvalue weighted by molar-refractivity contribution is -0.113. The van der Waals surface area contributed by atoms with Gasteiger partial charge in [-0.25, -0.2) is 4.98 Å². The van der Waals surface area contributed by atoms with E-state index in [0.29, 0.717) is 28.1 Å².